The first-order valence-electron chi connectivity index (χ1n) is 2.42. The van der Waals surface area contributed by atoms with E-state index in [9.17, 15) is 0 Å². The molecule has 1 atom stereocenters. The van der Waals surface area contributed by atoms with Crippen molar-refractivity contribution in [1.82, 2.24) is 0 Å². The quantitative estimate of drug-likeness (QED) is 0.468. The highest BCUT2D eigenvalue weighted by molar-refractivity contribution is 9.09. The van der Waals surface area contributed by atoms with Gasteiger partial charge in [0.05, 0.1) is 5.01 Å². The Morgan fingerprint density at radius 2 is 2.00 bits per heavy atom. The van der Waals surface area contributed by atoms with E-state index >= 15 is 0 Å². The summed E-state index contributed by atoms with van der Waals surface area (Å²) in [6.07, 6.45) is 0. The lowest BCUT2D eigenvalue weighted by Crippen LogP contribution is -2.11. The van der Waals surface area contributed by atoms with Crippen LogP contribution in [0.1, 0.15) is 6.92 Å². The van der Waals surface area contributed by atoms with Crippen molar-refractivity contribution in [2.24, 2.45) is 0 Å². The molecule has 44 valence electrons. The van der Waals surface area contributed by atoms with Crippen LogP contribution < -0.4 is 0 Å². The average molecular weight is 183 g/mol. The van der Waals surface area contributed by atoms with Gasteiger partial charge in [-0.05, 0) is 20.0 Å². The minimum absolute atomic E-state index is 0.249. The third-order valence-electron chi connectivity index (χ3n) is 0.460. The fourth-order valence-corrected chi connectivity index (χ4v) is 2.42. The van der Waals surface area contributed by atoms with Crippen LogP contribution in [-0.2, 0) is 4.43 Å². The molecule has 1 nitrogen and oxygen atoms in total. The van der Waals surface area contributed by atoms with Gasteiger partial charge >= 0.3 is 0 Å². The maximum atomic E-state index is 5.31. The monoisotopic (exact) mass is 182 g/mol. The van der Waals surface area contributed by atoms with Crippen LogP contribution in [0.25, 0.3) is 0 Å². The first kappa shape index (κ1) is 7.66. The van der Waals surface area contributed by atoms with Crippen molar-refractivity contribution >= 4 is 25.0 Å². The Morgan fingerprint density at radius 1 is 1.57 bits per heavy atom. The minimum Gasteiger partial charge on any atom is -0.409 e. The summed E-state index contributed by atoms with van der Waals surface area (Å²) in [5.74, 6) is 0. The van der Waals surface area contributed by atoms with Gasteiger partial charge in [0.15, 0.2) is 9.04 Å². The number of rotatable bonds is 2. The predicted octanol–water partition coefficient (Wildman–Crippen LogP) is 1.73. The van der Waals surface area contributed by atoms with Crippen molar-refractivity contribution in [3.8, 4) is 0 Å². The van der Waals surface area contributed by atoms with Gasteiger partial charge < -0.3 is 4.43 Å². The highest BCUT2D eigenvalue weighted by Crippen LogP contribution is 2.00. The largest absolute Gasteiger partial charge is 0.409 e. The SMILES string of the molecule is CC(Br)O[SiH](C)C. The Hall–Kier alpha value is 0.657. The molecule has 0 N–H and O–H groups in total. The first-order valence-corrected chi connectivity index (χ1v) is 6.12. The number of halogens is 1. The lowest BCUT2D eigenvalue weighted by atomic mass is 10.9. The number of alkyl halides is 1. The Kier molecular flexibility index (Phi) is 3.97. The fraction of sp³-hybridized carbons (Fsp3) is 1.00. The van der Waals surface area contributed by atoms with Crippen LogP contribution in [0.4, 0.5) is 0 Å². The van der Waals surface area contributed by atoms with Gasteiger partial charge in [-0.3, -0.25) is 0 Å². The molecule has 0 aliphatic heterocycles. The molecule has 0 fully saturated rings. The molecule has 0 aliphatic carbocycles. The van der Waals surface area contributed by atoms with Crippen LogP contribution in [0.5, 0.6) is 0 Å². The lowest BCUT2D eigenvalue weighted by Gasteiger charge is -2.06. The predicted molar refractivity (Wildman–Crippen MR) is 38.4 cm³/mol. The Balaban J connectivity index is 2.95. The zero-order valence-corrected chi connectivity index (χ0v) is 7.68. The van der Waals surface area contributed by atoms with Crippen LogP contribution in [0.3, 0.4) is 0 Å². The molecule has 0 aromatic carbocycles. The smallest absolute Gasteiger partial charge is 0.172 e. The fourth-order valence-electron chi connectivity index (χ4n) is 0.375. The third-order valence-corrected chi connectivity index (χ3v) is 2.03. The van der Waals surface area contributed by atoms with Crippen LogP contribution in [-0.4, -0.2) is 14.1 Å². The van der Waals surface area contributed by atoms with Crippen molar-refractivity contribution in [1.29, 1.82) is 0 Å². The van der Waals surface area contributed by atoms with Crippen LogP contribution in [0, 0.1) is 0 Å². The molecule has 0 aliphatic rings. The molecule has 0 heterocycles. The average Bonchev–Trinajstić information content (AvgIpc) is 1.27. The van der Waals surface area contributed by atoms with Crippen molar-refractivity contribution in [3.05, 3.63) is 0 Å². The van der Waals surface area contributed by atoms with Crippen molar-refractivity contribution in [2.45, 2.75) is 25.0 Å². The first-order chi connectivity index (χ1) is 3.13. The molecule has 0 saturated heterocycles. The summed E-state index contributed by atoms with van der Waals surface area (Å²) < 4.78 is 5.31. The molecular weight excluding hydrogens is 172 g/mol. The van der Waals surface area contributed by atoms with Gasteiger partial charge in [0.1, 0.15) is 0 Å². The van der Waals surface area contributed by atoms with E-state index in [2.05, 4.69) is 29.0 Å². The third kappa shape index (κ3) is 6.66. The molecule has 0 rings (SSSR count). The number of hydrogen-bond acceptors (Lipinski definition) is 1. The van der Waals surface area contributed by atoms with E-state index in [1.165, 1.54) is 0 Å². The van der Waals surface area contributed by atoms with Crippen molar-refractivity contribution in [3.63, 3.8) is 0 Å². The summed E-state index contributed by atoms with van der Waals surface area (Å²) in [4.78, 5) is 0. The molecule has 0 radical (unpaired) electrons. The molecule has 0 saturated carbocycles. The summed E-state index contributed by atoms with van der Waals surface area (Å²) in [7, 11) is -0.775. The molecule has 3 heteroatoms. The second kappa shape index (κ2) is 3.63. The van der Waals surface area contributed by atoms with E-state index in [0.29, 0.717) is 0 Å². The lowest BCUT2D eigenvalue weighted by molar-refractivity contribution is 0.323. The highest BCUT2D eigenvalue weighted by Gasteiger charge is 1.97. The van der Waals surface area contributed by atoms with Crippen molar-refractivity contribution < 1.29 is 4.43 Å². The van der Waals surface area contributed by atoms with E-state index in [0.717, 1.165) is 0 Å². The van der Waals surface area contributed by atoms with Gasteiger partial charge in [0.25, 0.3) is 0 Å². The molecular formula is C4H11BrOSi. The molecule has 7 heavy (non-hydrogen) atoms. The van der Waals surface area contributed by atoms with Crippen LogP contribution in [0.15, 0.2) is 0 Å². The Labute approximate surface area is 54.9 Å². The Morgan fingerprint density at radius 3 is 2.00 bits per heavy atom. The molecule has 0 bridgehead atoms. The van der Waals surface area contributed by atoms with Gasteiger partial charge in [0.2, 0.25) is 0 Å². The van der Waals surface area contributed by atoms with Gasteiger partial charge in [-0.15, -0.1) is 0 Å². The standard InChI is InChI=1S/C4H11BrOSi/c1-4(5)6-7(2)3/h4,7H,1-3H3. The van der Waals surface area contributed by atoms with Crippen LogP contribution >= 0.6 is 15.9 Å². The second-order valence-electron chi connectivity index (χ2n) is 1.73. The van der Waals surface area contributed by atoms with Gasteiger partial charge in [-0.25, -0.2) is 0 Å². The molecule has 0 aromatic heterocycles. The van der Waals surface area contributed by atoms with E-state index in [-0.39, 0.29) is 5.01 Å². The maximum Gasteiger partial charge on any atom is 0.172 e. The zero-order valence-electron chi connectivity index (χ0n) is 4.94. The van der Waals surface area contributed by atoms with E-state index in [1.807, 2.05) is 6.92 Å². The normalized spacial score (nSPS) is 15.0. The summed E-state index contributed by atoms with van der Waals surface area (Å²) in [5, 5.41) is 0.249. The topological polar surface area (TPSA) is 9.23 Å². The van der Waals surface area contributed by atoms with Crippen molar-refractivity contribution in [2.75, 3.05) is 0 Å². The molecule has 0 spiro atoms. The molecule has 0 amide bonds. The number of hydrogen-bond donors (Lipinski definition) is 0. The Bertz CT molecular complexity index is 41.0. The maximum absolute atomic E-state index is 5.31. The minimum atomic E-state index is -0.775. The van der Waals surface area contributed by atoms with Gasteiger partial charge in [-0.1, -0.05) is 15.9 Å². The van der Waals surface area contributed by atoms with Gasteiger partial charge in [0, 0.05) is 0 Å². The van der Waals surface area contributed by atoms with E-state index in [1.54, 1.807) is 0 Å². The highest BCUT2D eigenvalue weighted by atomic mass is 79.9. The summed E-state index contributed by atoms with van der Waals surface area (Å²) in [6.45, 7) is 6.29. The second-order valence-corrected chi connectivity index (χ2v) is 5.39. The summed E-state index contributed by atoms with van der Waals surface area (Å²) in [5.41, 5.74) is 0. The zero-order chi connectivity index (χ0) is 5.86. The van der Waals surface area contributed by atoms with E-state index in [4.69, 9.17) is 4.43 Å². The molecule has 1 unspecified atom stereocenters. The molecule has 0 aromatic rings. The van der Waals surface area contributed by atoms with Gasteiger partial charge in [-0.2, -0.15) is 0 Å². The van der Waals surface area contributed by atoms with E-state index < -0.39 is 9.04 Å². The van der Waals surface area contributed by atoms with Crippen LogP contribution in [0.2, 0.25) is 13.1 Å². The summed E-state index contributed by atoms with van der Waals surface area (Å²) >= 11 is 3.29. The summed E-state index contributed by atoms with van der Waals surface area (Å²) in [6, 6.07) is 0.